The summed E-state index contributed by atoms with van der Waals surface area (Å²) in [6, 6.07) is 1.00. The molecule has 0 N–H and O–H groups in total. The topological polar surface area (TPSA) is 3.24 Å². The van der Waals surface area contributed by atoms with E-state index in [0.29, 0.717) is 0 Å². The Balaban J connectivity index is 1.55. The molecule has 68 valence electrons. The SMILES string of the molecule is C1CC(N2CCC3(CC2)CC3)C1. The maximum atomic E-state index is 2.76. The van der Waals surface area contributed by atoms with Gasteiger partial charge in [0.2, 0.25) is 0 Å². The number of hydrogen-bond acceptors (Lipinski definition) is 1. The first-order valence-corrected chi connectivity index (χ1v) is 5.62. The summed E-state index contributed by atoms with van der Waals surface area (Å²) >= 11 is 0. The molecule has 0 aromatic carbocycles. The van der Waals surface area contributed by atoms with Crippen LogP contribution >= 0.6 is 0 Å². The van der Waals surface area contributed by atoms with Gasteiger partial charge in [-0.1, -0.05) is 6.42 Å². The molecule has 1 aliphatic heterocycles. The summed E-state index contributed by atoms with van der Waals surface area (Å²) in [6.07, 6.45) is 10.6. The van der Waals surface area contributed by atoms with E-state index in [9.17, 15) is 0 Å². The van der Waals surface area contributed by atoms with Crippen molar-refractivity contribution >= 4 is 0 Å². The summed E-state index contributed by atoms with van der Waals surface area (Å²) in [5.41, 5.74) is 0.875. The van der Waals surface area contributed by atoms with Crippen molar-refractivity contribution in [1.82, 2.24) is 4.90 Å². The highest BCUT2D eigenvalue weighted by molar-refractivity contribution is 4.98. The zero-order valence-electron chi connectivity index (χ0n) is 7.89. The standard InChI is InChI=1S/C11H19N/c1-2-10(3-1)12-8-6-11(4-5-11)7-9-12/h10H,1-9H2. The van der Waals surface area contributed by atoms with Crippen molar-refractivity contribution < 1.29 is 0 Å². The lowest BCUT2D eigenvalue weighted by Crippen LogP contribution is -2.45. The quantitative estimate of drug-likeness (QED) is 0.577. The molecule has 1 saturated heterocycles. The van der Waals surface area contributed by atoms with Crippen LogP contribution in [0.2, 0.25) is 0 Å². The van der Waals surface area contributed by atoms with Crippen LogP contribution in [-0.2, 0) is 0 Å². The maximum Gasteiger partial charge on any atom is 0.00952 e. The second kappa shape index (κ2) is 2.47. The van der Waals surface area contributed by atoms with Crippen LogP contribution in [-0.4, -0.2) is 24.0 Å². The van der Waals surface area contributed by atoms with E-state index < -0.39 is 0 Å². The first kappa shape index (κ1) is 7.37. The molecule has 1 heterocycles. The minimum atomic E-state index is 0.875. The highest BCUT2D eigenvalue weighted by atomic mass is 15.2. The summed E-state index contributed by atoms with van der Waals surface area (Å²) < 4.78 is 0. The average molecular weight is 165 g/mol. The molecule has 0 amide bonds. The maximum absolute atomic E-state index is 2.76. The van der Waals surface area contributed by atoms with Gasteiger partial charge in [-0.2, -0.15) is 0 Å². The Labute approximate surface area is 75.1 Å². The summed E-state index contributed by atoms with van der Waals surface area (Å²) in [5, 5.41) is 0. The summed E-state index contributed by atoms with van der Waals surface area (Å²) in [4.78, 5) is 2.76. The second-order valence-corrected chi connectivity index (χ2v) is 5.12. The lowest BCUT2D eigenvalue weighted by atomic mass is 9.87. The zero-order chi connectivity index (χ0) is 8.02. The number of rotatable bonds is 1. The van der Waals surface area contributed by atoms with Gasteiger partial charge in [0.25, 0.3) is 0 Å². The van der Waals surface area contributed by atoms with E-state index in [1.54, 1.807) is 12.8 Å². The smallest absolute Gasteiger partial charge is 0.00952 e. The van der Waals surface area contributed by atoms with Gasteiger partial charge in [-0.15, -0.1) is 0 Å². The molecule has 1 spiro atoms. The first-order valence-electron chi connectivity index (χ1n) is 5.62. The summed E-state index contributed by atoms with van der Waals surface area (Å²) in [7, 11) is 0. The number of likely N-dealkylation sites (tertiary alicyclic amines) is 1. The Hall–Kier alpha value is -0.0400. The van der Waals surface area contributed by atoms with Gasteiger partial charge < -0.3 is 4.90 Å². The van der Waals surface area contributed by atoms with Crippen LogP contribution in [0.4, 0.5) is 0 Å². The van der Waals surface area contributed by atoms with Crippen LogP contribution in [0.15, 0.2) is 0 Å². The van der Waals surface area contributed by atoms with Crippen molar-refractivity contribution in [3.63, 3.8) is 0 Å². The fraction of sp³-hybridized carbons (Fsp3) is 1.00. The van der Waals surface area contributed by atoms with Crippen LogP contribution in [0.5, 0.6) is 0 Å². The Bertz CT molecular complexity index is 169. The third kappa shape index (κ3) is 1.10. The monoisotopic (exact) mass is 165 g/mol. The highest BCUT2D eigenvalue weighted by Gasteiger charge is 2.45. The third-order valence-electron chi connectivity index (χ3n) is 4.41. The van der Waals surface area contributed by atoms with Gasteiger partial charge in [-0.3, -0.25) is 0 Å². The molecular formula is C11H19N. The van der Waals surface area contributed by atoms with E-state index in [-0.39, 0.29) is 0 Å². The molecule has 0 atom stereocenters. The van der Waals surface area contributed by atoms with Crippen molar-refractivity contribution in [2.24, 2.45) is 5.41 Å². The summed E-state index contributed by atoms with van der Waals surface area (Å²) in [6.45, 7) is 2.84. The van der Waals surface area contributed by atoms with Gasteiger partial charge in [0, 0.05) is 6.04 Å². The Morgan fingerprint density at radius 3 is 2.00 bits per heavy atom. The van der Waals surface area contributed by atoms with Gasteiger partial charge in [-0.25, -0.2) is 0 Å². The number of hydrogen-bond donors (Lipinski definition) is 0. The number of piperidine rings is 1. The van der Waals surface area contributed by atoms with Gasteiger partial charge >= 0.3 is 0 Å². The highest BCUT2D eigenvalue weighted by Crippen LogP contribution is 2.54. The molecule has 1 heteroatoms. The lowest BCUT2D eigenvalue weighted by Gasteiger charge is -2.42. The zero-order valence-corrected chi connectivity index (χ0v) is 7.89. The van der Waals surface area contributed by atoms with E-state index in [1.165, 1.54) is 45.2 Å². The third-order valence-corrected chi connectivity index (χ3v) is 4.41. The Kier molecular flexibility index (Phi) is 1.52. The van der Waals surface area contributed by atoms with Crippen LogP contribution in [0.1, 0.15) is 44.9 Å². The Morgan fingerprint density at radius 1 is 0.917 bits per heavy atom. The van der Waals surface area contributed by atoms with E-state index in [2.05, 4.69) is 4.90 Å². The minimum absolute atomic E-state index is 0.875. The molecule has 0 unspecified atom stereocenters. The van der Waals surface area contributed by atoms with Crippen molar-refractivity contribution in [2.75, 3.05) is 13.1 Å². The van der Waals surface area contributed by atoms with Crippen molar-refractivity contribution in [1.29, 1.82) is 0 Å². The molecule has 2 saturated carbocycles. The van der Waals surface area contributed by atoms with Crippen molar-refractivity contribution in [3.8, 4) is 0 Å². The molecule has 2 aliphatic carbocycles. The normalized spacial score (nSPS) is 35.0. The lowest BCUT2D eigenvalue weighted by molar-refractivity contribution is 0.0785. The molecule has 3 fully saturated rings. The van der Waals surface area contributed by atoms with E-state index in [4.69, 9.17) is 0 Å². The fourth-order valence-corrected chi connectivity index (χ4v) is 2.79. The molecule has 3 rings (SSSR count). The first-order chi connectivity index (χ1) is 5.88. The van der Waals surface area contributed by atoms with E-state index in [0.717, 1.165) is 11.5 Å². The van der Waals surface area contributed by atoms with Crippen molar-refractivity contribution in [2.45, 2.75) is 51.0 Å². The second-order valence-electron chi connectivity index (χ2n) is 5.12. The van der Waals surface area contributed by atoms with Crippen molar-refractivity contribution in [3.05, 3.63) is 0 Å². The Morgan fingerprint density at radius 2 is 1.58 bits per heavy atom. The van der Waals surface area contributed by atoms with Gasteiger partial charge in [0.15, 0.2) is 0 Å². The molecule has 0 aromatic heterocycles. The van der Waals surface area contributed by atoms with E-state index >= 15 is 0 Å². The van der Waals surface area contributed by atoms with Crippen LogP contribution in [0.25, 0.3) is 0 Å². The van der Waals surface area contributed by atoms with E-state index in [1.807, 2.05) is 0 Å². The van der Waals surface area contributed by atoms with Gasteiger partial charge in [0.05, 0.1) is 0 Å². The average Bonchev–Trinajstić information content (AvgIpc) is 2.72. The van der Waals surface area contributed by atoms with Crippen LogP contribution in [0.3, 0.4) is 0 Å². The molecular weight excluding hydrogens is 146 g/mol. The molecule has 0 radical (unpaired) electrons. The molecule has 0 bridgehead atoms. The van der Waals surface area contributed by atoms with Crippen LogP contribution in [0, 0.1) is 5.41 Å². The predicted octanol–water partition coefficient (Wildman–Crippen LogP) is 2.41. The van der Waals surface area contributed by atoms with Gasteiger partial charge in [-0.05, 0) is 57.0 Å². The predicted molar refractivity (Wildman–Crippen MR) is 50.1 cm³/mol. The minimum Gasteiger partial charge on any atom is -0.300 e. The molecule has 12 heavy (non-hydrogen) atoms. The molecule has 0 aromatic rings. The fourth-order valence-electron chi connectivity index (χ4n) is 2.79. The number of nitrogens with zero attached hydrogens (tertiary/aromatic N) is 1. The molecule has 1 nitrogen and oxygen atoms in total. The molecule has 3 aliphatic rings. The largest absolute Gasteiger partial charge is 0.300 e. The van der Waals surface area contributed by atoms with Gasteiger partial charge in [0.1, 0.15) is 0 Å². The summed E-state index contributed by atoms with van der Waals surface area (Å²) in [5.74, 6) is 0. The van der Waals surface area contributed by atoms with Crippen LogP contribution < -0.4 is 0 Å².